The second-order valence-electron chi connectivity index (χ2n) is 2.61. The van der Waals surface area contributed by atoms with Gasteiger partial charge >= 0.3 is 0 Å². The summed E-state index contributed by atoms with van der Waals surface area (Å²) < 4.78 is 0. The molecule has 13 heavy (non-hydrogen) atoms. The van der Waals surface area contributed by atoms with Crippen molar-refractivity contribution in [1.29, 1.82) is 0 Å². The molecular weight excluding hydrogens is 182 g/mol. The highest BCUT2D eigenvalue weighted by molar-refractivity contribution is 6.17. The van der Waals surface area contributed by atoms with Gasteiger partial charge in [-0.05, 0) is 24.6 Å². The van der Waals surface area contributed by atoms with Crippen molar-refractivity contribution in [3.8, 4) is 0 Å². The number of aromatic nitrogens is 1. The molecule has 0 unspecified atom stereocenters. The van der Waals surface area contributed by atoms with Gasteiger partial charge in [-0.1, -0.05) is 18.7 Å². The Bertz CT molecular complexity index is 329. The second kappa shape index (κ2) is 4.83. The summed E-state index contributed by atoms with van der Waals surface area (Å²) in [4.78, 5) is 4.23. The summed E-state index contributed by atoms with van der Waals surface area (Å²) in [7, 11) is 0. The molecule has 0 aliphatic carbocycles. The Morgan fingerprint density at radius 1 is 1.62 bits per heavy atom. The molecule has 0 amide bonds. The summed E-state index contributed by atoms with van der Waals surface area (Å²) in [5.41, 5.74) is 3.02. The summed E-state index contributed by atoms with van der Waals surface area (Å²) in [5, 5.41) is 0. The average Bonchev–Trinajstić information content (AvgIpc) is 2.18. The van der Waals surface area contributed by atoms with Crippen LogP contribution in [0.5, 0.6) is 0 Å². The van der Waals surface area contributed by atoms with Crippen molar-refractivity contribution in [3.05, 3.63) is 41.7 Å². The summed E-state index contributed by atoms with van der Waals surface area (Å²) in [6.07, 6.45) is 7.46. The third-order valence-corrected chi connectivity index (χ3v) is 2.07. The summed E-state index contributed by atoms with van der Waals surface area (Å²) in [6, 6.07) is 1.91. The zero-order chi connectivity index (χ0) is 9.68. The zero-order valence-corrected chi connectivity index (χ0v) is 8.38. The predicted molar refractivity (Wildman–Crippen MR) is 58.6 cm³/mol. The predicted octanol–water partition coefficient (Wildman–Crippen LogP) is 3.50. The van der Waals surface area contributed by atoms with Crippen LogP contribution in [0.1, 0.15) is 23.7 Å². The van der Waals surface area contributed by atoms with E-state index in [4.69, 9.17) is 11.6 Å². The molecule has 0 saturated heterocycles. The Hall–Kier alpha value is -1.08. The first-order valence-corrected chi connectivity index (χ1v) is 4.66. The molecule has 0 fully saturated rings. The van der Waals surface area contributed by atoms with Gasteiger partial charge < -0.3 is 0 Å². The molecule has 0 spiro atoms. The van der Waals surface area contributed by atoms with Gasteiger partial charge in [-0.25, -0.2) is 0 Å². The Morgan fingerprint density at radius 3 is 2.92 bits per heavy atom. The number of hydrogen-bond donors (Lipinski definition) is 0. The number of allylic oxidation sites excluding steroid dienone is 1. The molecule has 0 radical (unpaired) electrons. The Balaban J connectivity index is 3.26. The van der Waals surface area contributed by atoms with Crippen LogP contribution in [0.15, 0.2) is 24.9 Å². The highest BCUT2D eigenvalue weighted by atomic mass is 35.5. The molecule has 1 aromatic rings. The molecule has 0 N–H and O–H groups in total. The molecule has 0 atom stereocenters. The SMILES string of the molecule is C=Cc1c(CCl)ccnc1/C=C\C. The van der Waals surface area contributed by atoms with Crippen LogP contribution in [0.4, 0.5) is 0 Å². The molecule has 0 aliphatic rings. The van der Waals surface area contributed by atoms with E-state index in [-0.39, 0.29) is 0 Å². The smallest absolute Gasteiger partial charge is 0.0701 e. The maximum Gasteiger partial charge on any atom is 0.0701 e. The summed E-state index contributed by atoms with van der Waals surface area (Å²) >= 11 is 5.78. The first-order chi connectivity index (χ1) is 6.33. The van der Waals surface area contributed by atoms with Crippen molar-refractivity contribution in [1.82, 2.24) is 4.98 Å². The molecule has 0 saturated carbocycles. The lowest BCUT2D eigenvalue weighted by atomic mass is 10.1. The maximum atomic E-state index is 5.78. The van der Waals surface area contributed by atoms with Gasteiger partial charge in [-0.15, -0.1) is 11.6 Å². The van der Waals surface area contributed by atoms with Gasteiger partial charge in [0.2, 0.25) is 0 Å². The maximum absolute atomic E-state index is 5.78. The minimum Gasteiger partial charge on any atom is -0.256 e. The average molecular weight is 194 g/mol. The van der Waals surface area contributed by atoms with Crippen LogP contribution < -0.4 is 0 Å². The highest BCUT2D eigenvalue weighted by Gasteiger charge is 2.02. The van der Waals surface area contributed by atoms with Crippen LogP contribution in [-0.2, 0) is 5.88 Å². The fourth-order valence-electron chi connectivity index (χ4n) is 1.17. The fourth-order valence-corrected chi connectivity index (χ4v) is 1.41. The zero-order valence-electron chi connectivity index (χ0n) is 7.63. The van der Waals surface area contributed by atoms with E-state index in [1.807, 2.05) is 25.1 Å². The molecule has 1 rings (SSSR count). The third-order valence-electron chi connectivity index (χ3n) is 1.78. The van der Waals surface area contributed by atoms with Crippen LogP contribution in [0, 0.1) is 0 Å². The van der Waals surface area contributed by atoms with Gasteiger partial charge in [0, 0.05) is 17.6 Å². The molecule has 2 heteroatoms. The molecular formula is C11H12ClN. The van der Waals surface area contributed by atoms with Crippen molar-refractivity contribution >= 4 is 23.8 Å². The first kappa shape index (κ1) is 10.0. The number of alkyl halides is 1. The molecule has 1 aromatic heterocycles. The van der Waals surface area contributed by atoms with Crippen LogP contribution in [-0.4, -0.2) is 4.98 Å². The van der Waals surface area contributed by atoms with Crippen molar-refractivity contribution in [2.45, 2.75) is 12.8 Å². The van der Waals surface area contributed by atoms with Crippen LogP contribution in [0.2, 0.25) is 0 Å². The monoisotopic (exact) mass is 193 g/mol. The van der Waals surface area contributed by atoms with E-state index >= 15 is 0 Å². The van der Waals surface area contributed by atoms with Crippen LogP contribution in [0.3, 0.4) is 0 Å². The Kier molecular flexibility index (Phi) is 3.71. The van der Waals surface area contributed by atoms with E-state index in [0.717, 1.165) is 16.8 Å². The van der Waals surface area contributed by atoms with Gasteiger partial charge in [-0.3, -0.25) is 4.98 Å². The lowest BCUT2D eigenvalue weighted by Crippen LogP contribution is -1.91. The van der Waals surface area contributed by atoms with E-state index in [2.05, 4.69) is 11.6 Å². The molecule has 0 aromatic carbocycles. The number of pyridine rings is 1. The van der Waals surface area contributed by atoms with E-state index in [0.29, 0.717) is 5.88 Å². The number of nitrogens with zero attached hydrogens (tertiary/aromatic N) is 1. The number of hydrogen-bond acceptors (Lipinski definition) is 1. The van der Waals surface area contributed by atoms with Gasteiger partial charge in [0.15, 0.2) is 0 Å². The topological polar surface area (TPSA) is 12.9 Å². The van der Waals surface area contributed by atoms with E-state index in [1.54, 1.807) is 12.3 Å². The van der Waals surface area contributed by atoms with Gasteiger partial charge in [-0.2, -0.15) is 0 Å². The molecule has 0 bridgehead atoms. The van der Waals surface area contributed by atoms with Crippen molar-refractivity contribution in [2.24, 2.45) is 0 Å². The van der Waals surface area contributed by atoms with Gasteiger partial charge in [0.25, 0.3) is 0 Å². The second-order valence-corrected chi connectivity index (χ2v) is 2.87. The number of rotatable bonds is 3. The Morgan fingerprint density at radius 2 is 2.38 bits per heavy atom. The standard InChI is InChI=1S/C11H12ClN/c1-3-5-11-10(4-2)9(8-12)6-7-13-11/h3-7H,2,8H2,1H3/b5-3-. The van der Waals surface area contributed by atoms with Crippen LogP contribution >= 0.6 is 11.6 Å². The minimum absolute atomic E-state index is 0.494. The summed E-state index contributed by atoms with van der Waals surface area (Å²) in [6.45, 7) is 5.71. The van der Waals surface area contributed by atoms with E-state index in [1.165, 1.54) is 0 Å². The molecule has 0 aliphatic heterocycles. The van der Waals surface area contributed by atoms with E-state index < -0.39 is 0 Å². The normalized spacial score (nSPS) is 10.6. The minimum atomic E-state index is 0.494. The summed E-state index contributed by atoms with van der Waals surface area (Å²) in [5.74, 6) is 0.494. The lowest BCUT2D eigenvalue weighted by molar-refractivity contribution is 1.22. The molecule has 1 nitrogen and oxygen atoms in total. The molecule has 68 valence electrons. The largest absolute Gasteiger partial charge is 0.256 e. The van der Waals surface area contributed by atoms with Crippen molar-refractivity contribution < 1.29 is 0 Å². The number of halogens is 1. The van der Waals surface area contributed by atoms with Gasteiger partial charge in [0.05, 0.1) is 5.69 Å². The lowest BCUT2D eigenvalue weighted by Gasteiger charge is -2.04. The van der Waals surface area contributed by atoms with Crippen LogP contribution in [0.25, 0.3) is 12.2 Å². The van der Waals surface area contributed by atoms with Crippen molar-refractivity contribution in [2.75, 3.05) is 0 Å². The third kappa shape index (κ3) is 2.19. The Labute approximate surface area is 83.8 Å². The first-order valence-electron chi connectivity index (χ1n) is 4.12. The fraction of sp³-hybridized carbons (Fsp3) is 0.182. The molecule has 1 heterocycles. The quantitative estimate of drug-likeness (QED) is 0.670. The van der Waals surface area contributed by atoms with Gasteiger partial charge in [0.1, 0.15) is 0 Å². The highest BCUT2D eigenvalue weighted by Crippen LogP contribution is 2.17. The van der Waals surface area contributed by atoms with E-state index in [9.17, 15) is 0 Å². The van der Waals surface area contributed by atoms with Crippen molar-refractivity contribution in [3.63, 3.8) is 0 Å².